The second-order valence-electron chi connectivity index (χ2n) is 7.46. The third-order valence-corrected chi connectivity index (χ3v) is 5.59. The van der Waals surface area contributed by atoms with E-state index >= 15 is 0 Å². The normalized spacial score (nSPS) is 15.8. The number of nitrogens with one attached hydrogen (secondary N) is 2. The van der Waals surface area contributed by atoms with Crippen molar-refractivity contribution in [3.8, 4) is 5.75 Å². The number of guanidine groups is 1. The molecular formula is C22H38IN3O2. The van der Waals surface area contributed by atoms with Crippen LogP contribution in [-0.2, 0) is 11.2 Å². The van der Waals surface area contributed by atoms with Crippen LogP contribution in [0, 0.1) is 5.41 Å². The Kier molecular flexibility index (Phi) is 12.5. The number of halogens is 1. The monoisotopic (exact) mass is 503 g/mol. The van der Waals surface area contributed by atoms with E-state index in [2.05, 4.69) is 34.7 Å². The molecule has 2 rings (SSSR count). The summed E-state index contributed by atoms with van der Waals surface area (Å²) in [7, 11) is 3.55. The summed E-state index contributed by atoms with van der Waals surface area (Å²) in [6.07, 6.45) is 8.52. The van der Waals surface area contributed by atoms with E-state index in [1.54, 1.807) is 7.11 Å². The van der Waals surface area contributed by atoms with E-state index in [0.29, 0.717) is 5.41 Å². The summed E-state index contributed by atoms with van der Waals surface area (Å²) >= 11 is 0. The molecule has 0 atom stereocenters. The van der Waals surface area contributed by atoms with Gasteiger partial charge in [0, 0.05) is 33.4 Å². The Balaban J connectivity index is 0.00000392. The van der Waals surface area contributed by atoms with Gasteiger partial charge >= 0.3 is 0 Å². The Bertz CT molecular complexity index is 557. The lowest BCUT2D eigenvalue weighted by molar-refractivity contribution is 0.105. The van der Waals surface area contributed by atoms with E-state index in [9.17, 15) is 0 Å². The molecule has 0 spiro atoms. The van der Waals surface area contributed by atoms with E-state index in [-0.39, 0.29) is 24.0 Å². The summed E-state index contributed by atoms with van der Waals surface area (Å²) in [5.41, 5.74) is 1.71. The fourth-order valence-electron chi connectivity index (χ4n) is 3.86. The van der Waals surface area contributed by atoms with Crippen LogP contribution in [-0.4, -0.2) is 46.4 Å². The summed E-state index contributed by atoms with van der Waals surface area (Å²) in [6, 6.07) is 8.31. The van der Waals surface area contributed by atoms with Crippen molar-refractivity contribution in [1.29, 1.82) is 0 Å². The average molecular weight is 503 g/mol. The molecule has 0 radical (unpaired) electrons. The number of ether oxygens (including phenoxy) is 2. The zero-order chi connectivity index (χ0) is 19.4. The molecule has 0 amide bonds. The molecule has 0 heterocycles. The molecule has 5 nitrogen and oxygen atoms in total. The maximum absolute atomic E-state index is 5.61. The van der Waals surface area contributed by atoms with Gasteiger partial charge < -0.3 is 20.1 Å². The Labute approximate surface area is 188 Å². The topological polar surface area (TPSA) is 54.9 Å². The lowest BCUT2D eigenvalue weighted by Gasteiger charge is -2.30. The molecule has 0 saturated heterocycles. The molecule has 0 bridgehead atoms. The standard InChI is InChI=1S/C22H37N3O2.HI/c1-4-27-17-15-22(13-5-6-14-22)18-25-21(23-2)24-16-7-8-19-9-11-20(26-3)12-10-19;/h9-12H,4-8,13-18H2,1-3H3,(H2,23,24,25);1H. The highest BCUT2D eigenvalue weighted by molar-refractivity contribution is 14.0. The van der Waals surface area contributed by atoms with E-state index in [1.807, 2.05) is 19.2 Å². The second kappa shape index (κ2) is 14.0. The fraction of sp³-hybridized carbons (Fsp3) is 0.682. The van der Waals surface area contributed by atoms with Crippen LogP contribution in [0.5, 0.6) is 5.75 Å². The molecule has 1 aromatic carbocycles. The first-order chi connectivity index (χ1) is 13.2. The van der Waals surface area contributed by atoms with Crippen molar-refractivity contribution in [3.05, 3.63) is 29.8 Å². The average Bonchev–Trinajstić information content (AvgIpc) is 3.17. The Morgan fingerprint density at radius 2 is 1.86 bits per heavy atom. The minimum atomic E-state index is 0. The third kappa shape index (κ3) is 8.55. The van der Waals surface area contributed by atoms with Crippen molar-refractivity contribution in [2.45, 2.75) is 51.9 Å². The van der Waals surface area contributed by atoms with E-state index in [1.165, 1.54) is 31.2 Å². The van der Waals surface area contributed by atoms with Crippen LogP contribution in [0.1, 0.15) is 51.0 Å². The largest absolute Gasteiger partial charge is 0.497 e. The quantitative estimate of drug-likeness (QED) is 0.204. The van der Waals surface area contributed by atoms with Crippen molar-refractivity contribution in [3.63, 3.8) is 0 Å². The van der Waals surface area contributed by atoms with Crippen molar-refractivity contribution >= 4 is 29.9 Å². The van der Waals surface area contributed by atoms with Crippen LogP contribution in [0.25, 0.3) is 0 Å². The van der Waals surface area contributed by atoms with Crippen molar-refractivity contribution in [1.82, 2.24) is 10.6 Å². The zero-order valence-electron chi connectivity index (χ0n) is 17.8. The van der Waals surface area contributed by atoms with Gasteiger partial charge in [0.25, 0.3) is 0 Å². The van der Waals surface area contributed by atoms with Gasteiger partial charge in [-0.15, -0.1) is 24.0 Å². The smallest absolute Gasteiger partial charge is 0.190 e. The molecule has 1 aliphatic carbocycles. The van der Waals surface area contributed by atoms with Gasteiger partial charge in [0.05, 0.1) is 7.11 Å². The first-order valence-electron chi connectivity index (χ1n) is 10.4. The van der Waals surface area contributed by atoms with Crippen molar-refractivity contribution < 1.29 is 9.47 Å². The second-order valence-corrected chi connectivity index (χ2v) is 7.46. The molecule has 1 saturated carbocycles. The first kappa shape index (κ1) is 25.0. The Morgan fingerprint density at radius 3 is 2.46 bits per heavy atom. The molecule has 0 aliphatic heterocycles. The molecule has 160 valence electrons. The molecule has 0 aromatic heterocycles. The molecule has 1 aromatic rings. The maximum atomic E-state index is 5.61. The Morgan fingerprint density at radius 1 is 1.14 bits per heavy atom. The summed E-state index contributed by atoms with van der Waals surface area (Å²) < 4.78 is 10.8. The highest BCUT2D eigenvalue weighted by Crippen LogP contribution is 2.40. The molecule has 6 heteroatoms. The predicted octanol–water partition coefficient (Wildman–Crippen LogP) is 4.40. The minimum absolute atomic E-state index is 0. The summed E-state index contributed by atoms with van der Waals surface area (Å²) in [5.74, 6) is 1.82. The molecule has 0 unspecified atom stereocenters. The van der Waals surface area contributed by atoms with Crippen LogP contribution in [0.15, 0.2) is 29.3 Å². The molecule has 28 heavy (non-hydrogen) atoms. The van der Waals surface area contributed by atoms with Gasteiger partial charge in [-0.05, 0) is 62.1 Å². The van der Waals surface area contributed by atoms with E-state index in [4.69, 9.17) is 9.47 Å². The van der Waals surface area contributed by atoms with Crippen LogP contribution < -0.4 is 15.4 Å². The first-order valence-corrected chi connectivity index (χ1v) is 10.4. The van der Waals surface area contributed by atoms with Crippen LogP contribution >= 0.6 is 24.0 Å². The number of nitrogens with zero attached hydrogens (tertiary/aromatic N) is 1. The zero-order valence-corrected chi connectivity index (χ0v) is 20.1. The lowest BCUT2D eigenvalue weighted by Crippen LogP contribution is -2.43. The van der Waals surface area contributed by atoms with Crippen LogP contribution in [0.2, 0.25) is 0 Å². The Hall–Kier alpha value is -1.02. The molecular weight excluding hydrogens is 465 g/mol. The van der Waals surface area contributed by atoms with Gasteiger partial charge in [-0.3, -0.25) is 4.99 Å². The van der Waals surface area contributed by atoms with Gasteiger partial charge in [0.2, 0.25) is 0 Å². The highest BCUT2D eigenvalue weighted by Gasteiger charge is 2.33. The van der Waals surface area contributed by atoms with Gasteiger partial charge in [-0.2, -0.15) is 0 Å². The van der Waals surface area contributed by atoms with Gasteiger partial charge in [0.1, 0.15) is 5.75 Å². The fourth-order valence-corrected chi connectivity index (χ4v) is 3.86. The van der Waals surface area contributed by atoms with E-state index in [0.717, 1.165) is 57.3 Å². The number of methoxy groups -OCH3 is 1. The lowest BCUT2D eigenvalue weighted by atomic mass is 9.83. The number of aryl methyl sites for hydroxylation is 1. The van der Waals surface area contributed by atoms with Crippen LogP contribution in [0.4, 0.5) is 0 Å². The SMILES string of the molecule is CCOCCC1(CNC(=NC)NCCCc2ccc(OC)cc2)CCCC1.I. The number of benzene rings is 1. The minimum Gasteiger partial charge on any atom is -0.497 e. The maximum Gasteiger partial charge on any atom is 0.190 e. The van der Waals surface area contributed by atoms with Gasteiger partial charge in [-0.25, -0.2) is 0 Å². The van der Waals surface area contributed by atoms with Gasteiger partial charge in [0.15, 0.2) is 5.96 Å². The van der Waals surface area contributed by atoms with Gasteiger partial charge in [-0.1, -0.05) is 25.0 Å². The summed E-state index contributed by atoms with van der Waals surface area (Å²) in [5, 5.41) is 7.01. The van der Waals surface area contributed by atoms with Crippen molar-refractivity contribution in [2.75, 3.05) is 40.5 Å². The van der Waals surface area contributed by atoms with E-state index < -0.39 is 0 Å². The molecule has 1 aliphatic rings. The predicted molar refractivity (Wildman–Crippen MR) is 128 cm³/mol. The number of hydrogen-bond donors (Lipinski definition) is 2. The number of aliphatic imine (C=N–C) groups is 1. The number of rotatable bonds is 11. The molecule has 1 fully saturated rings. The third-order valence-electron chi connectivity index (χ3n) is 5.59. The van der Waals surface area contributed by atoms with Crippen LogP contribution in [0.3, 0.4) is 0 Å². The summed E-state index contributed by atoms with van der Waals surface area (Å²) in [6.45, 7) is 5.64. The summed E-state index contributed by atoms with van der Waals surface area (Å²) in [4.78, 5) is 4.39. The highest BCUT2D eigenvalue weighted by atomic mass is 127. The molecule has 2 N–H and O–H groups in total. The number of hydrogen-bond acceptors (Lipinski definition) is 3. The van der Waals surface area contributed by atoms with Crippen molar-refractivity contribution in [2.24, 2.45) is 10.4 Å².